The van der Waals surface area contributed by atoms with Crippen molar-refractivity contribution in [3.8, 4) is 5.75 Å². The predicted octanol–water partition coefficient (Wildman–Crippen LogP) is 1.31. The molecule has 0 radical (unpaired) electrons. The number of carbonyl (C=O) groups is 1. The number of ether oxygens (including phenoxy) is 1. The molecule has 1 aromatic rings. The standard InChI is InChI=1S/C13H16N2O2/c16-13-8-10-11(15-13)2-1-3-12(10)17-9-4-6-14-7-5-9/h1-3,9,14H,4-8H2,(H,15,16). The minimum atomic E-state index is 0.0568. The molecule has 2 aliphatic heterocycles. The van der Waals surface area contributed by atoms with E-state index in [1.165, 1.54) is 0 Å². The van der Waals surface area contributed by atoms with E-state index in [-0.39, 0.29) is 12.0 Å². The summed E-state index contributed by atoms with van der Waals surface area (Å²) in [5, 5.41) is 6.16. The fourth-order valence-corrected chi connectivity index (χ4v) is 2.42. The zero-order valence-electron chi connectivity index (χ0n) is 9.66. The Hall–Kier alpha value is -1.55. The predicted molar refractivity (Wildman–Crippen MR) is 65.3 cm³/mol. The molecule has 17 heavy (non-hydrogen) atoms. The third kappa shape index (κ3) is 2.13. The molecule has 4 nitrogen and oxygen atoms in total. The first-order valence-electron chi connectivity index (χ1n) is 6.12. The lowest BCUT2D eigenvalue weighted by Crippen LogP contribution is -2.34. The molecule has 0 spiro atoms. The quantitative estimate of drug-likeness (QED) is 0.808. The van der Waals surface area contributed by atoms with Crippen LogP contribution < -0.4 is 15.4 Å². The van der Waals surface area contributed by atoms with Gasteiger partial charge in [-0.05, 0) is 38.1 Å². The molecule has 0 saturated carbocycles. The molecule has 0 unspecified atom stereocenters. The molecule has 3 rings (SSSR count). The van der Waals surface area contributed by atoms with Crippen molar-refractivity contribution in [2.75, 3.05) is 18.4 Å². The van der Waals surface area contributed by atoms with E-state index in [4.69, 9.17) is 4.74 Å². The molecule has 0 atom stereocenters. The number of rotatable bonds is 2. The van der Waals surface area contributed by atoms with Crippen molar-refractivity contribution in [2.24, 2.45) is 0 Å². The van der Waals surface area contributed by atoms with Gasteiger partial charge >= 0.3 is 0 Å². The normalized spacial score (nSPS) is 19.9. The molecular formula is C13H16N2O2. The van der Waals surface area contributed by atoms with Gasteiger partial charge in [-0.25, -0.2) is 0 Å². The van der Waals surface area contributed by atoms with Crippen LogP contribution >= 0.6 is 0 Å². The van der Waals surface area contributed by atoms with E-state index in [1.54, 1.807) is 0 Å². The Bertz CT molecular complexity index is 439. The highest BCUT2D eigenvalue weighted by molar-refractivity contribution is 6.00. The van der Waals surface area contributed by atoms with Gasteiger partial charge in [-0.15, -0.1) is 0 Å². The number of amides is 1. The summed E-state index contributed by atoms with van der Waals surface area (Å²) in [4.78, 5) is 11.4. The van der Waals surface area contributed by atoms with Crippen LogP contribution in [0.4, 0.5) is 5.69 Å². The molecule has 1 fully saturated rings. The summed E-state index contributed by atoms with van der Waals surface area (Å²) in [6.45, 7) is 2.02. The summed E-state index contributed by atoms with van der Waals surface area (Å²) >= 11 is 0. The van der Waals surface area contributed by atoms with E-state index >= 15 is 0 Å². The Kier molecular flexibility index (Phi) is 2.73. The Morgan fingerprint density at radius 3 is 2.88 bits per heavy atom. The third-order valence-electron chi connectivity index (χ3n) is 3.32. The van der Waals surface area contributed by atoms with Crippen molar-refractivity contribution in [2.45, 2.75) is 25.4 Å². The smallest absolute Gasteiger partial charge is 0.229 e. The first-order valence-corrected chi connectivity index (χ1v) is 6.12. The summed E-state index contributed by atoms with van der Waals surface area (Å²) < 4.78 is 6.01. The number of nitrogens with one attached hydrogen (secondary N) is 2. The van der Waals surface area contributed by atoms with Gasteiger partial charge in [-0.1, -0.05) is 6.07 Å². The van der Waals surface area contributed by atoms with Crippen LogP contribution in [0, 0.1) is 0 Å². The van der Waals surface area contributed by atoms with Crippen molar-refractivity contribution in [3.05, 3.63) is 23.8 Å². The van der Waals surface area contributed by atoms with E-state index in [0.717, 1.165) is 42.9 Å². The summed E-state index contributed by atoms with van der Waals surface area (Å²) in [6, 6.07) is 5.82. The Morgan fingerprint density at radius 2 is 2.06 bits per heavy atom. The summed E-state index contributed by atoms with van der Waals surface area (Å²) in [7, 11) is 0. The number of hydrogen-bond acceptors (Lipinski definition) is 3. The number of anilines is 1. The Labute approximate surface area is 100 Å². The molecule has 1 amide bonds. The van der Waals surface area contributed by atoms with Crippen LogP contribution in [-0.4, -0.2) is 25.1 Å². The molecule has 90 valence electrons. The zero-order valence-corrected chi connectivity index (χ0v) is 9.66. The van der Waals surface area contributed by atoms with E-state index < -0.39 is 0 Å². The molecule has 0 aromatic heterocycles. The lowest BCUT2D eigenvalue weighted by atomic mass is 10.1. The van der Waals surface area contributed by atoms with Crippen molar-refractivity contribution in [1.29, 1.82) is 0 Å². The lowest BCUT2D eigenvalue weighted by molar-refractivity contribution is -0.115. The average molecular weight is 232 g/mol. The van der Waals surface area contributed by atoms with Gasteiger partial charge in [-0.3, -0.25) is 4.79 Å². The fraction of sp³-hybridized carbons (Fsp3) is 0.462. The monoisotopic (exact) mass is 232 g/mol. The second-order valence-electron chi connectivity index (χ2n) is 4.57. The molecule has 2 N–H and O–H groups in total. The van der Waals surface area contributed by atoms with Crippen LogP contribution in [0.15, 0.2) is 18.2 Å². The van der Waals surface area contributed by atoms with Crippen molar-refractivity contribution in [3.63, 3.8) is 0 Å². The number of benzene rings is 1. The van der Waals surface area contributed by atoms with Crippen LogP contribution in [0.5, 0.6) is 5.75 Å². The third-order valence-corrected chi connectivity index (χ3v) is 3.32. The minimum Gasteiger partial charge on any atom is -0.490 e. The highest BCUT2D eigenvalue weighted by Gasteiger charge is 2.23. The maximum atomic E-state index is 11.4. The van der Waals surface area contributed by atoms with Crippen LogP contribution in [-0.2, 0) is 11.2 Å². The molecule has 1 saturated heterocycles. The van der Waals surface area contributed by atoms with Gasteiger partial charge in [0.15, 0.2) is 0 Å². The second-order valence-corrected chi connectivity index (χ2v) is 4.57. The van der Waals surface area contributed by atoms with E-state index in [2.05, 4.69) is 10.6 Å². The molecule has 2 heterocycles. The number of fused-ring (bicyclic) bond motifs is 1. The minimum absolute atomic E-state index is 0.0568. The largest absolute Gasteiger partial charge is 0.490 e. The molecular weight excluding hydrogens is 216 g/mol. The van der Waals surface area contributed by atoms with Gasteiger partial charge in [0.05, 0.1) is 6.42 Å². The van der Waals surface area contributed by atoms with E-state index in [9.17, 15) is 4.79 Å². The molecule has 1 aromatic carbocycles. The Morgan fingerprint density at radius 1 is 1.24 bits per heavy atom. The number of piperidine rings is 1. The van der Waals surface area contributed by atoms with Crippen molar-refractivity contribution < 1.29 is 9.53 Å². The van der Waals surface area contributed by atoms with E-state index in [0.29, 0.717) is 6.42 Å². The SMILES string of the molecule is O=C1Cc2c(cccc2OC2CCNCC2)N1. The Balaban J connectivity index is 1.79. The van der Waals surface area contributed by atoms with Crippen LogP contribution in [0.2, 0.25) is 0 Å². The highest BCUT2D eigenvalue weighted by Crippen LogP contribution is 2.32. The molecule has 0 aliphatic carbocycles. The molecule has 4 heteroatoms. The van der Waals surface area contributed by atoms with Gasteiger partial charge in [0.1, 0.15) is 11.9 Å². The van der Waals surface area contributed by atoms with Gasteiger partial charge < -0.3 is 15.4 Å². The fourth-order valence-electron chi connectivity index (χ4n) is 2.42. The average Bonchev–Trinajstić information content (AvgIpc) is 2.72. The number of hydrogen-bond donors (Lipinski definition) is 2. The van der Waals surface area contributed by atoms with Crippen molar-refractivity contribution >= 4 is 11.6 Å². The van der Waals surface area contributed by atoms with Crippen molar-refractivity contribution in [1.82, 2.24) is 5.32 Å². The van der Waals surface area contributed by atoms with Crippen LogP contribution in [0.1, 0.15) is 18.4 Å². The summed E-state index contributed by atoms with van der Waals surface area (Å²) in [5.74, 6) is 0.925. The van der Waals surface area contributed by atoms with E-state index in [1.807, 2.05) is 18.2 Å². The second kappa shape index (κ2) is 4.37. The van der Waals surface area contributed by atoms with Gasteiger partial charge in [0, 0.05) is 11.3 Å². The first kappa shape index (κ1) is 10.6. The topological polar surface area (TPSA) is 50.4 Å². The summed E-state index contributed by atoms with van der Waals surface area (Å²) in [6.07, 6.45) is 2.78. The first-order chi connectivity index (χ1) is 8.33. The lowest BCUT2D eigenvalue weighted by Gasteiger charge is -2.24. The molecule has 2 aliphatic rings. The molecule has 0 bridgehead atoms. The maximum Gasteiger partial charge on any atom is 0.229 e. The van der Waals surface area contributed by atoms with Gasteiger partial charge in [-0.2, -0.15) is 0 Å². The number of carbonyl (C=O) groups excluding carboxylic acids is 1. The van der Waals surface area contributed by atoms with Gasteiger partial charge in [0.2, 0.25) is 5.91 Å². The van der Waals surface area contributed by atoms with Crippen LogP contribution in [0.25, 0.3) is 0 Å². The maximum absolute atomic E-state index is 11.4. The van der Waals surface area contributed by atoms with Crippen LogP contribution in [0.3, 0.4) is 0 Å². The highest BCUT2D eigenvalue weighted by atomic mass is 16.5. The zero-order chi connectivity index (χ0) is 11.7. The van der Waals surface area contributed by atoms with Gasteiger partial charge in [0.25, 0.3) is 0 Å². The summed E-state index contributed by atoms with van der Waals surface area (Å²) in [5.41, 5.74) is 1.91.